The summed E-state index contributed by atoms with van der Waals surface area (Å²) in [6.07, 6.45) is 0. The molecule has 21 heavy (non-hydrogen) atoms. The Bertz CT molecular complexity index is 545. The predicted molar refractivity (Wildman–Crippen MR) is 82.0 cm³/mol. The van der Waals surface area contributed by atoms with Crippen molar-refractivity contribution in [2.45, 2.75) is 13.5 Å². The molecule has 6 nitrogen and oxygen atoms in total. The molecule has 1 heterocycles. The molecule has 7 heteroatoms. The van der Waals surface area contributed by atoms with E-state index in [1.807, 2.05) is 12.1 Å². The van der Waals surface area contributed by atoms with Gasteiger partial charge in [-0.05, 0) is 17.7 Å². The second-order valence-electron chi connectivity index (χ2n) is 4.69. The third-order valence-electron chi connectivity index (χ3n) is 2.94. The molecule has 1 aromatic carbocycles. The van der Waals surface area contributed by atoms with Gasteiger partial charge < -0.3 is 15.5 Å². The molecule has 0 radical (unpaired) electrons. The fraction of sp³-hybridized carbons (Fsp3) is 0.357. The molecule has 0 bridgehead atoms. The van der Waals surface area contributed by atoms with Crippen molar-refractivity contribution >= 4 is 34.5 Å². The van der Waals surface area contributed by atoms with Gasteiger partial charge in [0.15, 0.2) is 0 Å². The Hall–Kier alpha value is -2.02. The zero-order valence-corrected chi connectivity index (χ0v) is 12.5. The molecule has 0 unspecified atom stereocenters. The highest BCUT2D eigenvalue weighted by Gasteiger charge is 2.22. The van der Waals surface area contributed by atoms with E-state index in [2.05, 4.69) is 10.6 Å². The quantitative estimate of drug-likeness (QED) is 0.862. The van der Waals surface area contributed by atoms with Gasteiger partial charge in [0.05, 0.1) is 0 Å². The Labute approximate surface area is 127 Å². The summed E-state index contributed by atoms with van der Waals surface area (Å²) in [7, 11) is 0. The Morgan fingerprint density at radius 3 is 2.57 bits per heavy atom. The van der Waals surface area contributed by atoms with Gasteiger partial charge in [-0.2, -0.15) is 0 Å². The number of thioether (sulfide) groups is 1. The molecule has 0 spiro atoms. The van der Waals surface area contributed by atoms with Crippen molar-refractivity contribution in [1.82, 2.24) is 10.2 Å². The zero-order chi connectivity index (χ0) is 15.2. The number of hydrogen-bond acceptors (Lipinski definition) is 4. The SMILES string of the molecule is CC(=O)Nc1ccc(CNC(=O)CN2CCSC2=O)cc1. The van der Waals surface area contributed by atoms with E-state index in [0.29, 0.717) is 13.1 Å². The van der Waals surface area contributed by atoms with Gasteiger partial charge in [0, 0.05) is 31.5 Å². The molecule has 3 amide bonds. The van der Waals surface area contributed by atoms with Crippen LogP contribution in [0.1, 0.15) is 12.5 Å². The highest BCUT2D eigenvalue weighted by Crippen LogP contribution is 2.16. The van der Waals surface area contributed by atoms with E-state index in [1.54, 1.807) is 17.0 Å². The van der Waals surface area contributed by atoms with Crippen LogP contribution in [-0.2, 0) is 16.1 Å². The van der Waals surface area contributed by atoms with Crippen molar-refractivity contribution in [3.63, 3.8) is 0 Å². The Kier molecular flexibility index (Phi) is 5.21. The monoisotopic (exact) mass is 307 g/mol. The lowest BCUT2D eigenvalue weighted by Crippen LogP contribution is -2.36. The molecule has 0 atom stereocenters. The minimum Gasteiger partial charge on any atom is -0.350 e. The summed E-state index contributed by atoms with van der Waals surface area (Å²) >= 11 is 1.24. The van der Waals surface area contributed by atoms with Gasteiger partial charge in [-0.15, -0.1) is 0 Å². The van der Waals surface area contributed by atoms with E-state index in [-0.39, 0.29) is 23.6 Å². The number of amides is 3. The lowest BCUT2D eigenvalue weighted by molar-refractivity contribution is -0.121. The largest absolute Gasteiger partial charge is 0.350 e. The number of carbonyl (C=O) groups excluding carboxylic acids is 3. The van der Waals surface area contributed by atoms with Crippen molar-refractivity contribution in [3.8, 4) is 0 Å². The van der Waals surface area contributed by atoms with Gasteiger partial charge in [-0.3, -0.25) is 14.4 Å². The van der Waals surface area contributed by atoms with Crippen molar-refractivity contribution in [3.05, 3.63) is 29.8 Å². The van der Waals surface area contributed by atoms with Crippen LogP contribution in [0.25, 0.3) is 0 Å². The topological polar surface area (TPSA) is 78.5 Å². The summed E-state index contributed by atoms with van der Waals surface area (Å²) in [4.78, 5) is 35.6. The smallest absolute Gasteiger partial charge is 0.282 e. The highest BCUT2D eigenvalue weighted by atomic mass is 32.2. The van der Waals surface area contributed by atoms with E-state index in [9.17, 15) is 14.4 Å². The first-order valence-electron chi connectivity index (χ1n) is 6.59. The Morgan fingerprint density at radius 2 is 2.00 bits per heavy atom. The lowest BCUT2D eigenvalue weighted by atomic mass is 10.2. The second kappa shape index (κ2) is 7.12. The van der Waals surface area contributed by atoms with Crippen LogP contribution in [0.3, 0.4) is 0 Å². The van der Waals surface area contributed by atoms with Crippen molar-refractivity contribution < 1.29 is 14.4 Å². The highest BCUT2D eigenvalue weighted by molar-refractivity contribution is 8.13. The summed E-state index contributed by atoms with van der Waals surface area (Å²) in [5, 5.41) is 5.42. The van der Waals surface area contributed by atoms with E-state index in [4.69, 9.17) is 0 Å². The minimum absolute atomic E-state index is 0.0372. The fourth-order valence-corrected chi connectivity index (χ4v) is 2.73. The first kappa shape index (κ1) is 15.4. The Balaban J connectivity index is 1.78. The maximum atomic E-state index is 11.8. The van der Waals surface area contributed by atoms with Gasteiger partial charge >= 0.3 is 0 Å². The van der Waals surface area contributed by atoms with Gasteiger partial charge in [0.25, 0.3) is 5.24 Å². The number of rotatable bonds is 5. The summed E-state index contributed by atoms with van der Waals surface area (Å²) in [5.41, 5.74) is 1.65. The number of nitrogens with one attached hydrogen (secondary N) is 2. The average molecular weight is 307 g/mol. The first-order chi connectivity index (χ1) is 10.0. The van der Waals surface area contributed by atoms with Crippen LogP contribution in [0.5, 0.6) is 0 Å². The molecule has 1 aliphatic heterocycles. The number of anilines is 1. The number of carbonyl (C=O) groups is 3. The van der Waals surface area contributed by atoms with Crippen LogP contribution < -0.4 is 10.6 Å². The van der Waals surface area contributed by atoms with E-state index in [0.717, 1.165) is 17.0 Å². The molecule has 0 aliphatic carbocycles. The van der Waals surface area contributed by atoms with Crippen molar-refractivity contribution in [2.24, 2.45) is 0 Å². The summed E-state index contributed by atoms with van der Waals surface area (Å²) < 4.78 is 0. The molecule has 1 fully saturated rings. The predicted octanol–water partition coefficient (Wildman–Crippen LogP) is 1.43. The standard InChI is InChI=1S/C14H17N3O3S/c1-10(18)16-12-4-2-11(3-5-12)8-15-13(19)9-17-6-7-21-14(17)20/h2-5H,6-9H2,1H3,(H,15,19)(H,16,18). The van der Waals surface area contributed by atoms with Crippen LogP contribution >= 0.6 is 11.8 Å². The van der Waals surface area contributed by atoms with Crippen LogP contribution in [0.15, 0.2) is 24.3 Å². The third-order valence-corrected chi connectivity index (χ3v) is 3.84. The van der Waals surface area contributed by atoms with Gasteiger partial charge in [-0.1, -0.05) is 23.9 Å². The molecule has 1 aromatic rings. The van der Waals surface area contributed by atoms with Crippen LogP contribution in [0.4, 0.5) is 10.5 Å². The third kappa shape index (κ3) is 4.78. The maximum Gasteiger partial charge on any atom is 0.282 e. The first-order valence-corrected chi connectivity index (χ1v) is 7.58. The van der Waals surface area contributed by atoms with Crippen molar-refractivity contribution in [1.29, 1.82) is 0 Å². The molecule has 0 saturated carbocycles. The fourth-order valence-electron chi connectivity index (χ4n) is 1.91. The van der Waals surface area contributed by atoms with Gasteiger partial charge in [0.1, 0.15) is 6.54 Å². The minimum atomic E-state index is -0.170. The Morgan fingerprint density at radius 1 is 1.29 bits per heavy atom. The molecule has 2 rings (SSSR count). The normalized spacial score (nSPS) is 14.1. The van der Waals surface area contributed by atoms with E-state index >= 15 is 0 Å². The lowest BCUT2D eigenvalue weighted by Gasteiger charge is -2.14. The maximum absolute atomic E-state index is 11.8. The zero-order valence-electron chi connectivity index (χ0n) is 11.7. The van der Waals surface area contributed by atoms with Gasteiger partial charge in [-0.25, -0.2) is 0 Å². The molecular formula is C14H17N3O3S. The molecular weight excluding hydrogens is 290 g/mol. The second-order valence-corrected chi connectivity index (χ2v) is 5.74. The molecule has 1 aliphatic rings. The molecule has 112 valence electrons. The molecule has 0 aromatic heterocycles. The number of nitrogens with zero attached hydrogens (tertiary/aromatic N) is 1. The van der Waals surface area contributed by atoms with E-state index < -0.39 is 0 Å². The summed E-state index contributed by atoms with van der Waals surface area (Å²) in [6.45, 7) is 2.58. The average Bonchev–Trinajstić information content (AvgIpc) is 2.83. The molecule has 2 N–H and O–H groups in total. The number of hydrogen-bond donors (Lipinski definition) is 2. The van der Waals surface area contributed by atoms with Crippen molar-refractivity contribution in [2.75, 3.05) is 24.2 Å². The number of benzene rings is 1. The summed E-state index contributed by atoms with van der Waals surface area (Å²) in [5.74, 6) is 0.456. The van der Waals surface area contributed by atoms with Crippen LogP contribution in [-0.4, -0.2) is 40.8 Å². The van der Waals surface area contributed by atoms with E-state index in [1.165, 1.54) is 18.7 Å². The van der Waals surface area contributed by atoms with Crippen LogP contribution in [0, 0.1) is 0 Å². The van der Waals surface area contributed by atoms with Gasteiger partial charge in [0.2, 0.25) is 11.8 Å². The molecule has 1 saturated heterocycles. The summed E-state index contributed by atoms with van der Waals surface area (Å²) in [6, 6.07) is 7.23. The van der Waals surface area contributed by atoms with Crippen LogP contribution in [0.2, 0.25) is 0 Å².